The standard InChI is InChI=1S/C14H21FN2.C2H6/c1-11(2)13-5-4-12(10-14(13)15)17-8-6-16(3)7-9-17;1-2/h4-5,10-11H,6-9H2,1-3H3;1-2H3. The first-order valence-corrected chi connectivity index (χ1v) is 7.31. The van der Waals surface area contributed by atoms with E-state index in [0.29, 0.717) is 0 Å². The topological polar surface area (TPSA) is 6.48 Å². The summed E-state index contributed by atoms with van der Waals surface area (Å²) < 4.78 is 13.9. The first-order valence-electron chi connectivity index (χ1n) is 7.31. The molecule has 0 saturated carbocycles. The summed E-state index contributed by atoms with van der Waals surface area (Å²) in [6.07, 6.45) is 0. The van der Waals surface area contributed by atoms with E-state index in [1.165, 1.54) is 0 Å². The molecule has 1 saturated heterocycles. The number of rotatable bonds is 2. The molecule has 0 radical (unpaired) electrons. The molecule has 0 aliphatic carbocycles. The van der Waals surface area contributed by atoms with Crippen LogP contribution in [0.1, 0.15) is 39.2 Å². The second kappa shape index (κ2) is 7.49. The Morgan fingerprint density at radius 2 is 1.63 bits per heavy atom. The molecule has 0 spiro atoms. The highest BCUT2D eigenvalue weighted by Gasteiger charge is 2.16. The van der Waals surface area contributed by atoms with E-state index in [9.17, 15) is 4.39 Å². The molecule has 0 atom stereocenters. The van der Waals surface area contributed by atoms with Crippen LogP contribution >= 0.6 is 0 Å². The molecule has 1 aliphatic rings. The maximum Gasteiger partial charge on any atom is 0.128 e. The Morgan fingerprint density at radius 3 is 2.11 bits per heavy atom. The van der Waals surface area contributed by atoms with Gasteiger partial charge in [0.15, 0.2) is 0 Å². The van der Waals surface area contributed by atoms with Crippen molar-refractivity contribution >= 4 is 5.69 Å². The van der Waals surface area contributed by atoms with Crippen molar-refractivity contribution in [3.63, 3.8) is 0 Å². The molecular weight excluding hydrogens is 239 g/mol. The quantitative estimate of drug-likeness (QED) is 0.805. The van der Waals surface area contributed by atoms with Crippen LogP contribution in [0, 0.1) is 5.82 Å². The predicted octanol–water partition coefficient (Wildman–Crippen LogP) is 3.73. The van der Waals surface area contributed by atoms with Gasteiger partial charge in [0.25, 0.3) is 0 Å². The average molecular weight is 266 g/mol. The van der Waals surface area contributed by atoms with E-state index in [2.05, 4.69) is 16.8 Å². The molecule has 1 aliphatic heterocycles. The van der Waals surface area contributed by atoms with Gasteiger partial charge in [0.05, 0.1) is 0 Å². The van der Waals surface area contributed by atoms with Gasteiger partial charge in [-0.1, -0.05) is 33.8 Å². The van der Waals surface area contributed by atoms with Gasteiger partial charge >= 0.3 is 0 Å². The zero-order valence-corrected chi connectivity index (χ0v) is 12.9. The SMILES string of the molecule is CC.CC(C)c1ccc(N2CCN(C)CC2)cc1F. The van der Waals surface area contributed by atoms with Crippen LogP contribution in [-0.2, 0) is 0 Å². The second-order valence-electron chi connectivity index (χ2n) is 5.15. The van der Waals surface area contributed by atoms with Crippen LogP contribution in [0.15, 0.2) is 18.2 Å². The van der Waals surface area contributed by atoms with Crippen molar-refractivity contribution in [2.24, 2.45) is 0 Å². The number of anilines is 1. The number of piperazine rings is 1. The van der Waals surface area contributed by atoms with Gasteiger partial charge in [0, 0.05) is 31.9 Å². The summed E-state index contributed by atoms with van der Waals surface area (Å²) in [4.78, 5) is 4.56. The van der Waals surface area contributed by atoms with Gasteiger partial charge in [-0.2, -0.15) is 0 Å². The Bertz CT molecular complexity index is 382. The van der Waals surface area contributed by atoms with Gasteiger partial charge in [-0.3, -0.25) is 0 Å². The predicted molar refractivity (Wildman–Crippen MR) is 81.5 cm³/mol. The monoisotopic (exact) mass is 266 g/mol. The third-order valence-electron chi connectivity index (χ3n) is 3.47. The van der Waals surface area contributed by atoms with Gasteiger partial charge < -0.3 is 9.80 Å². The molecule has 0 unspecified atom stereocenters. The Labute approximate surface area is 117 Å². The Hall–Kier alpha value is -1.09. The van der Waals surface area contributed by atoms with Crippen molar-refractivity contribution in [2.75, 3.05) is 38.1 Å². The molecule has 0 N–H and O–H groups in total. The lowest BCUT2D eigenvalue weighted by atomic mass is 10.0. The molecule has 1 aromatic carbocycles. The normalized spacial score (nSPS) is 16.3. The molecule has 3 heteroatoms. The fraction of sp³-hybridized carbons (Fsp3) is 0.625. The third kappa shape index (κ3) is 4.20. The summed E-state index contributed by atoms with van der Waals surface area (Å²) in [5.74, 6) is 0.174. The first-order chi connectivity index (χ1) is 9.08. The fourth-order valence-electron chi connectivity index (χ4n) is 2.25. The van der Waals surface area contributed by atoms with Gasteiger partial charge in [-0.05, 0) is 30.7 Å². The molecule has 1 aromatic rings. The zero-order valence-electron chi connectivity index (χ0n) is 12.9. The highest BCUT2D eigenvalue weighted by atomic mass is 19.1. The maximum absolute atomic E-state index is 13.9. The summed E-state index contributed by atoms with van der Waals surface area (Å²) in [5.41, 5.74) is 1.82. The van der Waals surface area contributed by atoms with Crippen molar-refractivity contribution < 1.29 is 4.39 Å². The van der Waals surface area contributed by atoms with Crippen molar-refractivity contribution in [3.8, 4) is 0 Å². The van der Waals surface area contributed by atoms with Crippen molar-refractivity contribution in [1.82, 2.24) is 4.90 Å². The smallest absolute Gasteiger partial charge is 0.128 e. The molecule has 0 aromatic heterocycles. The van der Waals surface area contributed by atoms with Gasteiger partial charge in [-0.25, -0.2) is 4.39 Å². The lowest BCUT2D eigenvalue weighted by molar-refractivity contribution is 0.312. The van der Waals surface area contributed by atoms with Crippen LogP contribution in [0.2, 0.25) is 0 Å². The first kappa shape index (κ1) is 16.0. The van der Waals surface area contributed by atoms with Crippen LogP contribution in [0.3, 0.4) is 0 Å². The van der Waals surface area contributed by atoms with Gasteiger partial charge in [0.1, 0.15) is 5.82 Å². The molecule has 2 rings (SSSR count). The Balaban J connectivity index is 0.000000861. The molecule has 0 bridgehead atoms. The third-order valence-corrected chi connectivity index (χ3v) is 3.47. The van der Waals surface area contributed by atoms with Crippen molar-refractivity contribution in [1.29, 1.82) is 0 Å². The summed E-state index contributed by atoms with van der Waals surface area (Å²) >= 11 is 0. The van der Waals surface area contributed by atoms with Crippen LogP contribution < -0.4 is 4.90 Å². The minimum absolute atomic E-state index is 0.0728. The molecule has 1 heterocycles. The highest BCUT2D eigenvalue weighted by molar-refractivity contribution is 5.49. The number of halogens is 1. The molecule has 2 nitrogen and oxygen atoms in total. The Kier molecular flexibility index (Phi) is 6.29. The van der Waals surface area contributed by atoms with Crippen LogP contribution in [0.4, 0.5) is 10.1 Å². The number of hydrogen-bond donors (Lipinski definition) is 0. The maximum atomic E-state index is 13.9. The zero-order chi connectivity index (χ0) is 14.4. The molecule has 108 valence electrons. The lowest BCUT2D eigenvalue weighted by Crippen LogP contribution is -2.44. The molecule has 19 heavy (non-hydrogen) atoms. The van der Waals surface area contributed by atoms with Gasteiger partial charge in [-0.15, -0.1) is 0 Å². The summed E-state index contributed by atoms with van der Waals surface area (Å²) in [6.45, 7) is 12.1. The van der Waals surface area contributed by atoms with Crippen molar-refractivity contribution in [2.45, 2.75) is 33.6 Å². The van der Waals surface area contributed by atoms with E-state index in [1.807, 2.05) is 39.8 Å². The summed E-state index contributed by atoms with van der Waals surface area (Å²) in [5, 5.41) is 0. The highest BCUT2D eigenvalue weighted by Crippen LogP contribution is 2.24. The van der Waals surface area contributed by atoms with Gasteiger partial charge in [0.2, 0.25) is 0 Å². The summed E-state index contributed by atoms with van der Waals surface area (Å²) in [7, 11) is 2.12. The van der Waals surface area contributed by atoms with E-state index in [1.54, 1.807) is 6.07 Å². The number of nitrogens with zero attached hydrogens (tertiary/aromatic N) is 2. The minimum Gasteiger partial charge on any atom is -0.369 e. The lowest BCUT2D eigenvalue weighted by Gasteiger charge is -2.34. The number of benzene rings is 1. The molecule has 1 fully saturated rings. The fourth-order valence-corrected chi connectivity index (χ4v) is 2.25. The van der Waals surface area contributed by atoms with E-state index in [0.717, 1.165) is 37.4 Å². The van der Waals surface area contributed by atoms with E-state index in [4.69, 9.17) is 0 Å². The molecular formula is C16H27FN2. The van der Waals surface area contributed by atoms with Crippen LogP contribution in [-0.4, -0.2) is 38.1 Å². The number of hydrogen-bond acceptors (Lipinski definition) is 2. The van der Waals surface area contributed by atoms with Crippen molar-refractivity contribution in [3.05, 3.63) is 29.6 Å². The second-order valence-corrected chi connectivity index (χ2v) is 5.15. The van der Waals surface area contributed by atoms with E-state index in [-0.39, 0.29) is 11.7 Å². The molecule has 0 amide bonds. The van der Waals surface area contributed by atoms with Crippen LogP contribution in [0.5, 0.6) is 0 Å². The minimum atomic E-state index is -0.0728. The van der Waals surface area contributed by atoms with E-state index >= 15 is 0 Å². The largest absolute Gasteiger partial charge is 0.369 e. The number of likely N-dealkylation sites (N-methyl/N-ethyl adjacent to an activating group) is 1. The van der Waals surface area contributed by atoms with E-state index < -0.39 is 0 Å². The average Bonchev–Trinajstić information content (AvgIpc) is 2.41. The Morgan fingerprint density at radius 1 is 1.05 bits per heavy atom. The summed E-state index contributed by atoms with van der Waals surface area (Å²) in [6, 6.07) is 5.65. The van der Waals surface area contributed by atoms with Crippen LogP contribution in [0.25, 0.3) is 0 Å².